The molecule has 24 heavy (non-hydrogen) atoms. The van der Waals surface area contributed by atoms with E-state index in [1.54, 1.807) is 24.0 Å². The summed E-state index contributed by atoms with van der Waals surface area (Å²) in [5.41, 5.74) is 1.09. The molecule has 0 radical (unpaired) electrons. The van der Waals surface area contributed by atoms with E-state index in [2.05, 4.69) is 27.2 Å². The van der Waals surface area contributed by atoms with E-state index in [0.717, 1.165) is 6.42 Å². The number of aromatic nitrogens is 3. The van der Waals surface area contributed by atoms with Crippen molar-refractivity contribution in [2.24, 2.45) is 5.92 Å². The molecule has 0 aromatic carbocycles. The Kier molecular flexibility index (Phi) is 5.87. The van der Waals surface area contributed by atoms with E-state index in [9.17, 15) is 4.79 Å². The highest BCUT2D eigenvalue weighted by Crippen LogP contribution is 2.26. The van der Waals surface area contributed by atoms with Gasteiger partial charge in [-0.2, -0.15) is 0 Å². The van der Waals surface area contributed by atoms with Gasteiger partial charge in [-0.25, -0.2) is 4.98 Å². The molecule has 0 aliphatic heterocycles. The number of hydrogen-bond donors (Lipinski definition) is 1. The number of nitrogens with one attached hydrogen (secondary N) is 1. The zero-order chi connectivity index (χ0) is 16.8. The molecule has 0 unspecified atom stereocenters. The SMILES string of the molecule is C[C@@H]1CCCC[C@H]1OCCNC(=O)c1csc(-c2cnccn2)n1. The number of rotatable bonds is 6. The van der Waals surface area contributed by atoms with Gasteiger partial charge in [0.05, 0.1) is 18.9 Å². The average molecular weight is 346 g/mol. The molecule has 1 saturated carbocycles. The summed E-state index contributed by atoms with van der Waals surface area (Å²) in [6.07, 6.45) is 10.1. The summed E-state index contributed by atoms with van der Waals surface area (Å²) in [5.74, 6) is 0.434. The number of nitrogens with zero attached hydrogens (tertiary/aromatic N) is 3. The Morgan fingerprint density at radius 3 is 3.04 bits per heavy atom. The van der Waals surface area contributed by atoms with Crippen LogP contribution in [0.2, 0.25) is 0 Å². The minimum atomic E-state index is -0.179. The Labute approximate surface area is 145 Å². The predicted octanol–water partition coefficient (Wildman–Crippen LogP) is 2.93. The minimum Gasteiger partial charge on any atom is -0.376 e. The highest BCUT2D eigenvalue weighted by molar-refractivity contribution is 7.13. The maximum Gasteiger partial charge on any atom is 0.270 e. The average Bonchev–Trinajstić information content (AvgIpc) is 3.11. The smallest absolute Gasteiger partial charge is 0.270 e. The first-order chi connectivity index (χ1) is 11.7. The predicted molar refractivity (Wildman–Crippen MR) is 92.8 cm³/mol. The van der Waals surface area contributed by atoms with Gasteiger partial charge in [0.1, 0.15) is 16.4 Å². The quantitative estimate of drug-likeness (QED) is 0.814. The third-order valence-electron chi connectivity index (χ3n) is 4.27. The number of hydrogen-bond acceptors (Lipinski definition) is 6. The van der Waals surface area contributed by atoms with Crippen LogP contribution in [0.5, 0.6) is 0 Å². The lowest BCUT2D eigenvalue weighted by Gasteiger charge is -2.28. The van der Waals surface area contributed by atoms with Crippen LogP contribution >= 0.6 is 11.3 Å². The molecule has 2 heterocycles. The Hall–Kier alpha value is -1.86. The van der Waals surface area contributed by atoms with Crippen LogP contribution in [0.25, 0.3) is 10.7 Å². The summed E-state index contributed by atoms with van der Waals surface area (Å²) in [6, 6.07) is 0. The molecule has 1 amide bonds. The molecule has 2 atom stereocenters. The largest absolute Gasteiger partial charge is 0.376 e. The van der Waals surface area contributed by atoms with Gasteiger partial charge in [-0.3, -0.25) is 14.8 Å². The zero-order valence-corrected chi connectivity index (χ0v) is 14.6. The van der Waals surface area contributed by atoms with E-state index in [0.29, 0.717) is 41.6 Å². The van der Waals surface area contributed by atoms with Gasteiger partial charge in [0.15, 0.2) is 0 Å². The van der Waals surface area contributed by atoms with Crippen LogP contribution in [-0.4, -0.2) is 40.1 Å². The summed E-state index contributed by atoms with van der Waals surface area (Å²) in [6.45, 7) is 3.29. The van der Waals surface area contributed by atoms with Gasteiger partial charge in [-0.15, -0.1) is 11.3 Å². The van der Waals surface area contributed by atoms with Crippen molar-refractivity contribution in [1.82, 2.24) is 20.3 Å². The van der Waals surface area contributed by atoms with Crippen LogP contribution in [-0.2, 0) is 4.74 Å². The zero-order valence-electron chi connectivity index (χ0n) is 13.8. The van der Waals surface area contributed by atoms with Crippen LogP contribution in [0.3, 0.4) is 0 Å². The molecule has 128 valence electrons. The summed E-state index contributed by atoms with van der Waals surface area (Å²) in [5, 5.41) is 5.30. The summed E-state index contributed by atoms with van der Waals surface area (Å²) >= 11 is 1.39. The molecule has 1 aliphatic rings. The van der Waals surface area contributed by atoms with Crippen molar-refractivity contribution in [2.45, 2.75) is 38.7 Å². The first-order valence-corrected chi connectivity index (χ1v) is 9.23. The van der Waals surface area contributed by atoms with Gasteiger partial charge in [-0.1, -0.05) is 19.8 Å². The second kappa shape index (κ2) is 8.30. The van der Waals surface area contributed by atoms with Gasteiger partial charge in [0.25, 0.3) is 5.91 Å². The topological polar surface area (TPSA) is 77.0 Å². The van der Waals surface area contributed by atoms with Crippen molar-refractivity contribution >= 4 is 17.2 Å². The maximum absolute atomic E-state index is 12.1. The van der Waals surface area contributed by atoms with Crippen molar-refractivity contribution in [2.75, 3.05) is 13.2 Å². The van der Waals surface area contributed by atoms with Gasteiger partial charge >= 0.3 is 0 Å². The van der Waals surface area contributed by atoms with Gasteiger partial charge in [0, 0.05) is 24.3 Å². The van der Waals surface area contributed by atoms with E-state index >= 15 is 0 Å². The number of carbonyl (C=O) groups excluding carboxylic acids is 1. The first kappa shape index (κ1) is 17.0. The lowest BCUT2D eigenvalue weighted by atomic mass is 9.88. The molecule has 1 aliphatic carbocycles. The Bertz CT molecular complexity index is 662. The Morgan fingerprint density at radius 2 is 2.25 bits per heavy atom. The van der Waals surface area contributed by atoms with Crippen LogP contribution < -0.4 is 5.32 Å². The van der Waals surface area contributed by atoms with Crippen molar-refractivity contribution in [3.05, 3.63) is 29.7 Å². The Balaban J connectivity index is 1.45. The maximum atomic E-state index is 12.1. The van der Waals surface area contributed by atoms with Crippen LogP contribution in [0.4, 0.5) is 0 Å². The molecular weight excluding hydrogens is 324 g/mol. The molecule has 2 aromatic heterocycles. The fourth-order valence-electron chi connectivity index (χ4n) is 2.90. The highest BCUT2D eigenvalue weighted by Gasteiger charge is 2.21. The van der Waals surface area contributed by atoms with Crippen LogP contribution in [0, 0.1) is 5.92 Å². The van der Waals surface area contributed by atoms with Gasteiger partial charge in [-0.05, 0) is 18.8 Å². The third kappa shape index (κ3) is 4.36. The minimum absolute atomic E-state index is 0.179. The molecule has 6 nitrogen and oxygen atoms in total. The van der Waals surface area contributed by atoms with E-state index in [1.807, 2.05) is 0 Å². The monoisotopic (exact) mass is 346 g/mol. The molecule has 2 aromatic rings. The number of carbonyl (C=O) groups is 1. The van der Waals surface area contributed by atoms with E-state index in [4.69, 9.17) is 4.74 Å². The number of amides is 1. The Morgan fingerprint density at radius 1 is 1.38 bits per heavy atom. The normalized spacial score (nSPS) is 20.7. The van der Waals surface area contributed by atoms with E-state index < -0.39 is 0 Å². The molecule has 3 rings (SSSR count). The molecule has 7 heteroatoms. The summed E-state index contributed by atoms with van der Waals surface area (Å²) < 4.78 is 5.91. The molecule has 0 spiro atoms. The van der Waals surface area contributed by atoms with Crippen molar-refractivity contribution in [3.8, 4) is 10.7 Å². The van der Waals surface area contributed by atoms with E-state index in [1.165, 1.54) is 30.6 Å². The van der Waals surface area contributed by atoms with Gasteiger partial charge in [0.2, 0.25) is 0 Å². The molecule has 0 bridgehead atoms. The van der Waals surface area contributed by atoms with Crippen LogP contribution in [0.1, 0.15) is 43.1 Å². The fraction of sp³-hybridized carbons (Fsp3) is 0.529. The first-order valence-electron chi connectivity index (χ1n) is 8.36. The number of ether oxygens (including phenoxy) is 1. The molecule has 1 N–H and O–H groups in total. The standard InChI is InChI=1S/C17H22N4O2S/c1-12-4-2-3-5-15(12)23-9-8-20-16(22)14-11-24-17(21-14)13-10-18-6-7-19-13/h6-7,10-12,15H,2-5,8-9H2,1H3,(H,20,22)/t12-,15-/m1/s1. The summed E-state index contributed by atoms with van der Waals surface area (Å²) in [7, 11) is 0. The lowest BCUT2D eigenvalue weighted by Crippen LogP contribution is -2.31. The second-order valence-electron chi connectivity index (χ2n) is 6.06. The van der Waals surface area contributed by atoms with Crippen molar-refractivity contribution in [3.63, 3.8) is 0 Å². The van der Waals surface area contributed by atoms with Crippen molar-refractivity contribution < 1.29 is 9.53 Å². The fourth-order valence-corrected chi connectivity index (χ4v) is 3.66. The second-order valence-corrected chi connectivity index (χ2v) is 6.91. The van der Waals surface area contributed by atoms with Crippen molar-refractivity contribution in [1.29, 1.82) is 0 Å². The molecule has 1 fully saturated rings. The van der Waals surface area contributed by atoms with Gasteiger partial charge < -0.3 is 10.1 Å². The summed E-state index contributed by atoms with van der Waals surface area (Å²) in [4.78, 5) is 24.7. The highest BCUT2D eigenvalue weighted by atomic mass is 32.1. The molecular formula is C17H22N4O2S. The van der Waals surface area contributed by atoms with E-state index in [-0.39, 0.29) is 5.91 Å². The van der Waals surface area contributed by atoms with Crippen LogP contribution in [0.15, 0.2) is 24.0 Å². The number of thiazole rings is 1. The third-order valence-corrected chi connectivity index (χ3v) is 5.14. The molecule has 0 saturated heterocycles. The lowest BCUT2D eigenvalue weighted by molar-refractivity contribution is -0.00294.